The molecule has 2 aliphatic rings. The summed E-state index contributed by atoms with van der Waals surface area (Å²) in [6.07, 6.45) is 10.9. The van der Waals surface area contributed by atoms with Crippen molar-refractivity contribution in [1.82, 2.24) is 57.8 Å². The molecule has 0 saturated carbocycles. The van der Waals surface area contributed by atoms with Gasteiger partial charge in [-0.3, -0.25) is 28.3 Å². The molecule has 2 atom stereocenters. The lowest BCUT2D eigenvalue weighted by molar-refractivity contribution is 0.0895. The molecule has 2 saturated heterocycles. The highest BCUT2D eigenvalue weighted by Crippen LogP contribution is 2.42. The molecule has 1 N–H and O–H groups in total. The van der Waals surface area contributed by atoms with Crippen molar-refractivity contribution < 1.29 is 23.1 Å². The molecular formula is C52H52Cl2F2N14O5S2Si. The Bertz CT molecular complexity index is 4070. The summed E-state index contributed by atoms with van der Waals surface area (Å²) in [6.45, 7) is 12.1. The molecule has 12 rings (SSSR count). The van der Waals surface area contributed by atoms with Crippen molar-refractivity contribution in [1.29, 1.82) is 0 Å². The third-order valence-electron chi connectivity index (χ3n) is 13.7. The lowest BCUT2D eigenvalue weighted by Crippen LogP contribution is -2.45. The summed E-state index contributed by atoms with van der Waals surface area (Å²) in [7, 11) is -1.25. The van der Waals surface area contributed by atoms with Crippen molar-refractivity contribution >= 4 is 115 Å². The molecular weight excluding hydrogens is 1100 g/mol. The Morgan fingerprint density at radius 1 is 0.692 bits per heavy atom. The van der Waals surface area contributed by atoms with Gasteiger partial charge < -0.3 is 24.1 Å². The second-order valence-electron chi connectivity index (χ2n) is 19.9. The maximum atomic E-state index is 13.8. The summed E-state index contributed by atoms with van der Waals surface area (Å²) in [5.74, 6) is 1.01. The molecule has 0 bridgehead atoms. The van der Waals surface area contributed by atoms with E-state index >= 15 is 0 Å². The number of Topliss-reactive ketones (excluding diaryl/α,β-unsaturated/α-hetero) is 2. The maximum Gasteiger partial charge on any atom is 0.284 e. The lowest BCUT2D eigenvalue weighted by Gasteiger charge is -2.42. The molecule has 10 heterocycles. The van der Waals surface area contributed by atoms with Gasteiger partial charge in [0.2, 0.25) is 0 Å². The number of rotatable bonds is 13. The van der Waals surface area contributed by atoms with Gasteiger partial charge in [0.05, 0.1) is 44.3 Å². The SMILES string of the molecule is CC(=O)c1c[nH]c2ncnc(N3CC[C@H]3c3nn4ccc(Cl)c4c(=O)n3-c3ccc(F)cc3)c12.CC(=O)c1cn(COCC[Si](C)(C)C)c2ncnc(N3CC[C@H]3c3nn4ccc(Cl)c4c(=O)n3-c3ccc(F)cc3)c12.S.S. The number of hydrogen-bond acceptors (Lipinski definition) is 13. The van der Waals surface area contributed by atoms with Crippen LogP contribution < -0.4 is 20.9 Å². The van der Waals surface area contributed by atoms with Crippen molar-refractivity contribution in [2.45, 2.75) is 71.2 Å². The van der Waals surface area contributed by atoms with Gasteiger partial charge in [-0.1, -0.05) is 42.8 Å². The number of nitrogens with zero attached hydrogens (tertiary/aromatic N) is 13. The normalized spacial score (nSPS) is 15.2. The zero-order chi connectivity index (χ0) is 53.3. The first kappa shape index (κ1) is 55.5. The van der Waals surface area contributed by atoms with Gasteiger partial charge in [0.25, 0.3) is 11.1 Å². The first-order valence-corrected chi connectivity index (χ1v) is 28.8. The zero-order valence-electron chi connectivity index (χ0n) is 42.7. The van der Waals surface area contributed by atoms with E-state index in [9.17, 15) is 28.0 Å². The van der Waals surface area contributed by atoms with Gasteiger partial charge in [-0.2, -0.15) is 37.2 Å². The molecule has 10 aromatic rings. The standard InChI is InChI=1S/C29H31ClFN7O3Si.C23H17ClFN7O2.2H2S/c1-18(39)21-15-35(17-41-13-14-42(2,3)4)27-24(21)28(33-16-32-27)36-11-10-23(36)26-34-37-12-9-22(30)25(37)29(40)38(26)20-7-5-19(31)6-8-20;1-12(33)15-10-26-20-18(15)22(28-11-27-20)30-8-7-17(30)21-29-31-9-6-16(24)19(31)23(34)32(21)14-4-2-13(25)3-5-14;;/h5-9,12,15-16,23H,10-11,13-14,17H2,1-4H3;2-6,9-11,17H,7-8H2,1H3,(H,26,27,28);2*1H2/t23-;17-;;/m00../s1. The predicted molar refractivity (Wildman–Crippen MR) is 307 cm³/mol. The van der Waals surface area contributed by atoms with E-state index in [0.29, 0.717) is 100 Å². The number of aromatic nitrogens is 12. The summed E-state index contributed by atoms with van der Waals surface area (Å²) in [6, 6.07) is 14.9. The molecule has 2 fully saturated rings. The smallest absolute Gasteiger partial charge is 0.284 e. The van der Waals surface area contributed by atoms with Crippen molar-refractivity contribution in [2.75, 3.05) is 29.5 Å². The molecule has 78 heavy (non-hydrogen) atoms. The third kappa shape index (κ3) is 10.00. The van der Waals surface area contributed by atoms with Gasteiger partial charge in [0, 0.05) is 63.7 Å². The van der Waals surface area contributed by atoms with Crippen LogP contribution in [-0.2, 0) is 11.5 Å². The Kier molecular flexibility index (Phi) is 15.6. The third-order valence-corrected chi connectivity index (χ3v) is 16.1. The van der Waals surface area contributed by atoms with Crippen LogP contribution in [0.4, 0.5) is 20.4 Å². The van der Waals surface area contributed by atoms with Gasteiger partial charge in [-0.15, -0.1) is 0 Å². The Morgan fingerprint density at radius 2 is 1.18 bits per heavy atom. The van der Waals surface area contributed by atoms with Crippen LogP contribution in [0, 0.1) is 11.6 Å². The zero-order valence-corrected chi connectivity index (χ0v) is 47.2. The molecule has 0 aliphatic carbocycles. The molecule has 0 radical (unpaired) electrons. The fourth-order valence-corrected chi connectivity index (χ4v) is 10.9. The van der Waals surface area contributed by atoms with Crippen molar-refractivity contribution in [3.8, 4) is 11.4 Å². The fraction of sp³-hybridized carbons (Fsp3) is 0.269. The molecule has 0 spiro atoms. The number of nitrogens with one attached hydrogen (secondary N) is 1. The number of ether oxygens (including phenoxy) is 1. The monoisotopic (exact) mass is 1150 g/mol. The van der Waals surface area contributed by atoms with E-state index in [1.807, 2.05) is 14.4 Å². The minimum Gasteiger partial charge on any atom is -0.361 e. The average molecular weight is 1150 g/mol. The van der Waals surface area contributed by atoms with Crippen molar-refractivity contribution in [3.63, 3.8) is 0 Å². The topological polar surface area (TPSA) is 201 Å². The summed E-state index contributed by atoms with van der Waals surface area (Å²) >= 11 is 12.6. The van der Waals surface area contributed by atoms with E-state index in [4.69, 9.17) is 38.1 Å². The summed E-state index contributed by atoms with van der Waals surface area (Å²) < 4.78 is 41.1. The van der Waals surface area contributed by atoms with E-state index in [0.717, 1.165) is 6.04 Å². The number of aromatic amines is 1. The van der Waals surface area contributed by atoms with Crippen LogP contribution in [0.15, 0.2) is 108 Å². The molecule has 19 nitrogen and oxygen atoms in total. The van der Waals surface area contributed by atoms with Crippen LogP contribution in [0.3, 0.4) is 0 Å². The number of fused-ring (bicyclic) bond motifs is 4. The summed E-state index contributed by atoms with van der Waals surface area (Å²) in [5.41, 5.74) is 2.81. The number of hydrogen-bond donors (Lipinski definition) is 1. The first-order chi connectivity index (χ1) is 36.5. The number of anilines is 2. The maximum absolute atomic E-state index is 13.8. The molecule has 8 aromatic heterocycles. The van der Waals surface area contributed by atoms with Crippen LogP contribution in [0.25, 0.3) is 44.5 Å². The van der Waals surface area contributed by atoms with E-state index in [1.54, 1.807) is 36.9 Å². The summed E-state index contributed by atoms with van der Waals surface area (Å²) in [5, 5.41) is 11.3. The molecule has 404 valence electrons. The molecule has 2 aliphatic heterocycles. The molecule has 0 amide bonds. The number of H-pyrrole nitrogens is 1. The van der Waals surface area contributed by atoms with Crippen molar-refractivity contribution in [3.05, 3.63) is 163 Å². The number of benzene rings is 2. The van der Waals surface area contributed by atoms with E-state index in [2.05, 4.69) is 44.6 Å². The fourth-order valence-electron chi connectivity index (χ4n) is 9.70. The van der Waals surface area contributed by atoms with Gasteiger partial charge in [0.1, 0.15) is 65.0 Å². The van der Waals surface area contributed by atoms with E-state index in [1.165, 1.54) is 93.2 Å². The van der Waals surface area contributed by atoms with Gasteiger partial charge in [0.15, 0.2) is 23.2 Å². The van der Waals surface area contributed by atoms with Gasteiger partial charge in [-0.25, -0.2) is 37.7 Å². The summed E-state index contributed by atoms with van der Waals surface area (Å²) in [4.78, 5) is 77.2. The van der Waals surface area contributed by atoms with Crippen LogP contribution in [0.5, 0.6) is 0 Å². The largest absolute Gasteiger partial charge is 0.361 e. The highest BCUT2D eigenvalue weighted by atomic mass is 35.5. The minimum atomic E-state index is -1.25. The Hall–Kier alpha value is -7.22. The second kappa shape index (κ2) is 21.9. The van der Waals surface area contributed by atoms with E-state index in [-0.39, 0.29) is 89.6 Å². The van der Waals surface area contributed by atoms with Gasteiger partial charge in [-0.05, 0) is 93.4 Å². The highest BCUT2D eigenvalue weighted by molar-refractivity contribution is 7.59. The molecule has 0 unspecified atom stereocenters. The van der Waals surface area contributed by atoms with Crippen LogP contribution in [0.1, 0.15) is 71.1 Å². The average Bonchev–Trinajstić information content (AvgIpc) is 4.16. The number of ketones is 2. The number of carbonyl (C=O) groups excluding carboxylic acids is 2. The lowest BCUT2D eigenvalue weighted by atomic mass is 10.0. The Labute approximate surface area is 468 Å². The Balaban J connectivity index is 0.000000189. The van der Waals surface area contributed by atoms with Crippen LogP contribution >= 0.6 is 50.2 Å². The highest BCUT2D eigenvalue weighted by Gasteiger charge is 2.39. The van der Waals surface area contributed by atoms with Crippen LogP contribution in [-0.4, -0.2) is 97.2 Å². The van der Waals surface area contributed by atoms with Gasteiger partial charge >= 0.3 is 0 Å². The number of halogens is 4. The molecule has 2 aromatic carbocycles. The van der Waals surface area contributed by atoms with Crippen LogP contribution in [0.2, 0.25) is 35.7 Å². The minimum absolute atomic E-state index is 0. The van der Waals surface area contributed by atoms with E-state index < -0.39 is 19.7 Å². The van der Waals surface area contributed by atoms with Crippen molar-refractivity contribution in [2.24, 2.45) is 0 Å². The molecule has 26 heteroatoms. The second-order valence-corrected chi connectivity index (χ2v) is 26.3. The predicted octanol–water partition coefficient (Wildman–Crippen LogP) is 9.42. The quantitative estimate of drug-likeness (QED) is 0.0651. The number of carbonyl (C=O) groups is 2. The first-order valence-electron chi connectivity index (χ1n) is 24.4. The Morgan fingerprint density at radius 3 is 1.64 bits per heavy atom.